The third kappa shape index (κ3) is 3.47. The Morgan fingerprint density at radius 1 is 1.53 bits per heavy atom. The molecule has 1 N–H and O–H groups in total. The molecule has 0 aliphatic carbocycles. The number of carboxylic acids is 1. The molecular weight excluding hydrogens is 194 g/mol. The monoisotopic (exact) mass is 217 g/mol. The molecule has 4 nitrogen and oxygen atoms in total. The molecule has 1 unspecified atom stereocenters. The molecule has 0 radical (unpaired) electrons. The summed E-state index contributed by atoms with van der Waals surface area (Å²) in [4.78, 5) is 13.3. The summed E-state index contributed by atoms with van der Waals surface area (Å²) in [6, 6.07) is 0.196. The Kier molecular flexibility index (Phi) is 5.83. The van der Waals surface area contributed by atoms with E-state index in [1.54, 1.807) is 6.92 Å². The molecule has 0 aromatic rings. The fraction of sp³-hybridized carbons (Fsp3) is 0.909. The van der Waals surface area contributed by atoms with Gasteiger partial charge >= 0.3 is 5.97 Å². The van der Waals surface area contributed by atoms with Gasteiger partial charge in [0, 0.05) is 13.2 Å². The first-order chi connectivity index (χ1) is 6.90. The summed E-state index contributed by atoms with van der Waals surface area (Å²) < 4.78 is 5.02. The van der Waals surface area contributed by atoms with Gasteiger partial charge in [-0.2, -0.15) is 0 Å². The molecule has 0 amide bonds. The fourth-order valence-corrected chi connectivity index (χ4v) is 1.86. The number of nitrogens with zero attached hydrogens (tertiary/aromatic N) is 1. The second-order valence-electron chi connectivity index (χ2n) is 4.30. The summed E-state index contributed by atoms with van der Waals surface area (Å²) in [5, 5.41) is 9.29. The minimum absolute atomic E-state index is 0.196. The van der Waals surface area contributed by atoms with Crippen molar-refractivity contribution in [1.29, 1.82) is 0 Å². The lowest BCUT2D eigenvalue weighted by atomic mass is 9.99. The van der Waals surface area contributed by atoms with Crippen LogP contribution in [-0.4, -0.2) is 47.8 Å². The Balaban J connectivity index is 4.90. The summed E-state index contributed by atoms with van der Waals surface area (Å²) in [7, 11) is 1.53. The standard InChI is InChI=1S/C11H23NO3/c1-6-7-12(9(2)3)11(4,8-15-5)10(13)14/h9H,6-8H2,1-5H3,(H,13,14). The lowest BCUT2D eigenvalue weighted by Gasteiger charge is -2.40. The molecule has 0 heterocycles. The van der Waals surface area contributed by atoms with Crippen molar-refractivity contribution in [1.82, 2.24) is 4.90 Å². The van der Waals surface area contributed by atoms with Gasteiger partial charge in [-0.25, -0.2) is 0 Å². The highest BCUT2D eigenvalue weighted by molar-refractivity contribution is 5.78. The highest BCUT2D eigenvalue weighted by Gasteiger charge is 2.40. The van der Waals surface area contributed by atoms with Crippen molar-refractivity contribution < 1.29 is 14.6 Å². The minimum Gasteiger partial charge on any atom is -0.480 e. The third-order valence-corrected chi connectivity index (χ3v) is 2.61. The van der Waals surface area contributed by atoms with Gasteiger partial charge in [-0.05, 0) is 33.7 Å². The fourth-order valence-electron chi connectivity index (χ4n) is 1.86. The van der Waals surface area contributed by atoms with Crippen molar-refractivity contribution >= 4 is 5.97 Å². The molecule has 90 valence electrons. The normalized spacial score (nSPS) is 15.7. The van der Waals surface area contributed by atoms with Crippen molar-refractivity contribution in [3.05, 3.63) is 0 Å². The zero-order chi connectivity index (χ0) is 12.1. The van der Waals surface area contributed by atoms with Crippen LogP contribution in [0.15, 0.2) is 0 Å². The van der Waals surface area contributed by atoms with E-state index in [2.05, 4.69) is 0 Å². The van der Waals surface area contributed by atoms with E-state index in [0.29, 0.717) is 0 Å². The number of carboxylic acid groups (broad SMARTS) is 1. The maximum atomic E-state index is 11.3. The molecule has 0 rings (SSSR count). The molecule has 0 bridgehead atoms. The van der Waals surface area contributed by atoms with Gasteiger partial charge in [0.25, 0.3) is 0 Å². The van der Waals surface area contributed by atoms with Crippen LogP contribution in [0, 0.1) is 0 Å². The van der Waals surface area contributed by atoms with Crippen molar-refractivity contribution in [2.45, 2.75) is 45.7 Å². The van der Waals surface area contributed by atoms with Crippen LogP contribution < -0.4 is 0 Å². The van der Waals surface area contributed by atoms with Crippen molar-refractivity contribution in [3.8, 4) is 0 Å². The minimum atomic E-state index is -0.932. The highest BCUT2D eigenvalue weighted by Crippen LogP contribution is 2.19. The van der Waals surface area contributed by atoms with Gasteiger partial charge in [-0.15, -0.1) is 0 Å². The number of hydrogen-bond acceptors (Lipinski definition) is 3. The Bertz CT molecular complexity index is 206. The Morgan fingerprint density at radius 3 is 2.33 bits per heavy atom. The van der Waals surface area contributed by atoms with E-state index in [1.807, 2.05) is 25.7 Å². The van der Waals surface area contributed by atoms with E-state index < -0.39 is 11.5 Å². The molecule has 0 fully saturated rings. The van der Waals surface area contributed by atoms with Crippen LogP contribution >= 0.6 is 0 Å². The van der Waals surface area contributed by atoms with Crippen LogP contribution in [-0.2, 0) is 9.53 Å². The first kappa shape index (κ1) is 14.4. The highest BCUT2D eigenvalue weighted by atomic mass is 16.5. The van der Waals surface area contributed by atoms with Gasteiger partial charge in [0.2, 0.25) is 0 Å². The van der Waals surface area contributed by atoms with E-state index in [4.69, 9.17) is 4.74 Å². The quantitative estimate of drug-likeness (QED) is 0.703. The smallest absolute Gasteiger partial charge is 0.326 e. The second kappa shape index (κ2) is 6.08. The zero-order valence-electron chi connectivity index (χ0n) is 10.4. The maximum absolute atomic E-state index is 11.3. The zero-order valence-corrected chi connectivity index (χ0v) is 10.4. The third-order valence-electron chi connectivity index (χ3n) is 2.61. The molecule has 0 spiro atoms. The second-order valence-corrected chi connectivity index (χ2v) is 4.30. The first-order valence-electron chi connectivity index (χ1n) is 5.39. The lowest BCUT2D eigenvalue weighted by molar-refractivity contribution is -0.156. The van der Waals surface area contributed by atoms with E-state index in [-0.39, 0.29) is 12.6 Å². The number of rotatable bonds is 7. The van der Waals surface area contributed by atoms with Crippen molar-refractivity contribution in [3.63, 3.8) is 0 Å². The maximum Gasteiger partial charge on any atom is 0.326 e. The number of ether oxygens (including phenoxy) is 1. The summed E-state index contributed by atoms with van der Waals surface area (Å²) in [5.74, 6) is -0.827. The molecule has 0 saturated carbocycles. The Morgan fingerprint density at radius 2 is 2.07 bits per heavy atom. The molecule has 0 saturated heterocycles. The predicted molar refractivity (Wildman–Crippen MR) is 60.0 cm³/mol. The molecule has 4 heteroatoms. The molecule has 0 aromatic carbocycles. The van der Waals surface area contributed by atoms with Crippen LogP contribution in [0.3, 0.4) is 0 Å². The molecular formula is C11H23NO3. The SMILES string of the molecule is CCCN(C(C)C)C(C)(COC)C(=O)O. The number of carbonyl (C=O) groups is 1. The van der Waals surface area contributed by atoms with Crippen LogP contribution in [0.1, 0.15) is 34.1 Å². The van der Waals surface area contributed by atoms with E-state index in [1.165, 1.54) is 7.11 Å². The van der Waals surface area contributed by atoms with Gasteiger partial charge in [-0.3, -0.25) is 9.69 Å². The molecule has 0 aliphatic heterocycles. The summed E-state index contributed by atoms with van der Waals surface area (Å²) in [6.07, 6.45) is 0.935. The number of hydrogen-bond donors (Lipinski definition) is 1. The first-order valence-corrected chi connectivity index (χ1v) is 5.39. The molecule has 0 aromatic heterocycles. The van der Waals surface area contributed by atoms with Crippen molar-refractivity contribution in [2.75, 3.05) is 20.3 Å². The predicted octanol–water partition coefficient (Wildman–Crippen LogP) is 1.60. The average molecular weight is 217 g/mol. The number of methoxy groups -OCH3 is 1. The molecule has 1 atom stereocenters. The van der Waals surface area contributed by atoms with E-state index >= 15 is 0 Å². The van der Waals surface area contributed by atoms with Crippen LogP contribution in [0.25, 0.3) is 0 Å². The van der Waals surface area contributed by atoms with Gasteiger partial charge in [-0.1, -0.05) is 6.92 Å². The van der Waals surface area contributed by atoms with E-state index in [9.17, 15) is 9.90 Å². The van der Waals surface area contributed by atoms with Crippen molar-refractivity contribution in [2.24, 2.45) is 0 Å². The van der Waals surface area contributed by atoms with Crippen LogP contribution in [0.2, 0.25) is 0 Å². The van der Waals surface area contributed by atoms with E-state index in [0.717, 1.165) is 13.0 Å². The van der Waals surface area contributed by atoms with Crippen LogP contribution in [0.4, 0.5) is 0 Å². The largest absolute Gasteiger partial charge is 0.480 e. The molecule has 0 aliphatic rings. The lowest BCUT2D eigenvalue weighted by Crippen LogP contribution is -2.58. The summed E-state index contributed by atoms with van der Waals surface area (Å²) in [5.41, 5.74) is -0.932. The van der Waals surface area contributed by atoms with Gasteiger partial charge < -0.3 is 9.84 Å². The van der Waals surface area contributed by atoms with Gasteiger partial charge in [0.15, 0.2) is 0 Å². The summed E-state index contributed by atoms with van der Waals surface area (Å²) in [6.45, 7) is 8.75. The molecule has 15 heavy (non-hydrogen) atoms. The van der Waals surface area contributed by atoms with Gasteiger partial charge in [0.1, 0.15) is 5.54 Å². The average Bonchev–Trinajstić information content (AvgIpc) is 2.13. The van der Waals surface area contributed by atoms with Crippen LogP contribution in [0.5, 0.6) is 0 Å². The number of aliphatic carboxylic acids is 1. The topological polar surface area (TPSA) is 49.8 Å². The van der Waals surface area contributed by atoms with Gasteiger partial charge in [0.05, 0.1) is 6.61 Å². The summed E-state index contributed by atoms with van der Waals surface area (Å²) >= 11 is 0. The Labute approximate surface area is 92.2 Å². The Hall–Kier alpha value is -0.610.